The Labute approximate surface area is 182 Å². The number of H-pyrrole nitrogens is 1. The van der Waals surface area contributed by atoms with Gasteiger partial charge in [0.15, 0.2) is 0 Å². The molecule has 0 saturated carbocycles. The maximum Gasteiger partial charge on any atom is 0.341 e. The summed E-state index contributed by atoms with van der Waals surface area (Å²) in [6.07, 6.45) is 3.92. The van der Waals surface area contributed by atoms with Gasteiger partial charge in [-0.05, 0) is 41.8 Å². The molecular formula is C23H19ClFN3O3. The van der Waals surface area contributed by atoms with Crippen molar-refractivity contribution in [2.45, 2.75) is 18.9 Å². The zero-order valence-corrected chi connectivity index (χ0v) is 17.4. The minimum absolute atomic E-state index is 0.0429. The van der Waals surface area contributed by atoms with Crippen LogP contribution in [0.1, 0.15) is 33.8 Å². The third kappa shape index (κ3) is 4.36. The first-order chi connectivity index (χ1) is 15.0. The number of aromatic nitrogens is 3. The summed E-state index contributed by atoms with van der Waals surface area (Å²) in [6.45, 7) is 0.495. The first-order valence-corrected chi connectivity index (χ1v) is 10.0. The molecule has 0 radical (unpaired) electrons. The fraction of sp³-hybridized carbons (Fsp3) is 0.174. The Balaban J connectivity index is 1.69. The number of pyridine rings is 1. The van der Waals surface area contributed by atoms with Crippen molar-refractivity contribution in [3.05, 3.63) is 98.8 Å². The average Bonchev–Trinajstić information content (AvgIpc) is 3.16. The van der Waals surface area contributed by atoms with Crippen molar-refractivity contribution in [2.24, 2.45) is 0 Å². The topological polar surface area (TPSA) is 77.0 Å². The summed E-state index contributed by atoms with van der Waals surface area (Å²) in [7, 11) is 1.28. The van der Waals surface area contributed by atoms with E-state index in [-0.39, 0.29) is 28.6 Å². The molecule has 1 atom stereocenters. The maximum absolute atomic E-state index is 13.5. The molecule has 0 aromatic heterocycles. The van der Waals surface area contributed by atoms with Crippen LogP contribution in [0, 0.1) is 5.82 Å². The van der Waals surface area contributed by atoms with Gasteiger partial charge in [0.05, 0.1) is 12.7 Å². The highest BCUT2D eigenvalue weighted by molar-refractivity contribution is 6.30. The summed E-state index contributed by atoms with van der Waals surface area (Å²) in [4.78, 5) is 24.3. The smallest absolute Gasteiger partial charge is 0.341 e. The number of hydrogen-bond donors (Lipinski definition) is 1. The van der Waals surface area contributed by atoms with Crippen LogP contribution in [-0.4, -0.2) is 27.8 Å². The summed E-state index contributed by atoms with van der Waals surface area (Å²) in [6, 6.07) is 13.9. The molecule has 4 rings (SSSR count). The lowest BCUT2D eigenvalue weighted by atomic mass is 9.88. The largest absolute Gasteiger partial charge is 0.465 e. The molecule has 0 bridgehead atoms. The average molecular weight is 440 g/mol. The van der Waals surface area contributed by atoms with E-state index in [0.717, 1.165) is 11.1 Å². The summed E-state index contributed by atoms with van der Waals surface area (Å²) in [5, 5.41) is 6.94. The molecule has 0 aliphatic carbocycles. The van der Waals surface area contributed by atoms with Gasteiger partial charge < -0.3 is 9.30 Å². The molecule has 6 nitrogen and oxygen atoms in total. The van der Waals surface area contributed by atoms with E-state index in [2.05, 4.69) is 10.2 Å². The third-order valence-electron chi connectivity index (χ3n) is 5.24. The van der Waals surface area contributed by atoms with Gasteiger partial charge in [-0.15, -0.1) is 0 Å². The molecule has 1 N–H and O–H groups in total. The van der Waals surface area contributed by atoms with E-state index >= 15 is 0 Å². The van der Waals surface area contributed by atoms with Crippen molar-refractivity contribution in [3.8, 4) is 11.3 Å². The molecule has 31 heavy (non-hydrogen) atoms. The standard InChI is InChI=1S/C23H19ClFN3O3/c1-31-23(30)20-13-28(12-19-21(20)26-27-22(19)29)11-10-18(14-2-6-16(24)7-3-14)15-4-8-17(25)9-5-15/h2-9,12-13,18H,10-11H2,1H3,(H,27,29). The molecule has 2 aromatic carbocycles. The number of aromatic amines is 1. The number of nitrogens with one attached hydrogen (secondary N) is 1. The number of methoxy groups -OCH3 is 1. The van der Waals surface area contributed by atoms with Crippen LogP contribution in [0.25, 0.3) is 11.3 Å². The molecule has 2 aromatic rings. The molecule has 2 aliphatic heterocycles. The highest BCUT2D eigenvalue weighted by atomic mass is 35.5. The first-order valence-electron chi connectivity index (χ1n) is 9.63. The molecule has 2 heterocycles. The van der Waals surface area contributed by atoms with E-state index in [9.17, 15) is 14.0 Å². The van der Waals surface area contributed by atoms with Crippen molar-refractivity contribution in [2.75, 3.05) is 7.11 Å². The number of halogens is 2. The van der Waals surface area contributed by atoms with Crippen LogP contribution in [0.5, 0.6) is 0 Å². The summed E-state index contributed by atoms with van der Waals surface area (Å²) >= 11 is 6.04. The summed E-state index contributed by atoms with van der Waals surface area (Å²) in [5.41, 5.74) is 2.41. The first kappa shape index (κ1) is 20.8. The third-order valence-corrected chi connectivity index (χ3v) is 5.49. The zero-order valence-electron chi connectivity index (χ0n) is 16.6. The second-order valence-corrected chi connectivity index (χ2v) is 7.60. The Morgan fingerprint density at radius 2 is 1.77 bits per heavy atom. The van der Waals surface area contributed by atoms with Gasteiger partial charge in [0.1, 0.15) is 17.1 Å². The molecule has 158 valence electrons. The summed E-state index contributed by atoms with van der Waals surface area (Å²) in [5.74, 6) is -0.915. The Morgan fingerprint density at radius 1 is 1.13 bits per heavy atom. The predicted molar refractivity (Wildman–Crippen MR) is 115 cm³/mol. The lowest BCUT2D eigenvalue weighted by Gasteiger charge is -2.20. The van der Waals surface area contributed by atoms with E-state index in [0.29, 0.717) is 23.6 Å². The number of esters is 1. The van der Waals surface area contributed by atoms with Gasteiger partial charge >= 0.3 is 5.97 Å². The van der Waals surface area contributed by atoms with Crippen molar-refractivity contribution in [1.82, 2.24) is 14.8 Å². The Hall–Kier alpha value is -3.45. The van der Waals surface area contributed by atoms with E-state index in [1.54, 1.807) is 29.1 Å². The van der Waals surface area contributed by atoms with E-state index < -0.39 is 5.97 Å². The number of rotatable bonds is 6. The van der Waals surface area contributed by atoms with Crippen molar-refractivity contribution in [3.63, 3.8) is 0 Å². The van der Waals surface area contributed by atoms with Crippen LogP contribution in [-0.2, 0) is 11.3 Å². The number of benzene rings is 2. The minimum Gasteiger partial charge on any atom is -0.465 e. The van der Waals surface area contributed by atoms with Crippen LogP contribution in [0.4, 0.5) is 4.39 Å². The molecule has 0 saturated heterocycles. The van der Waals surface area contributed by atoms with Crippen molar-refractivity contribution < 1.29 is 13.9 Å². The minimum atomic E-state index is -0.571. The van der Waals surface area contributed by atoms with Gasteiger partial charge in [0.25, 0.3) is 5.56 Å². The lowest BCUT2D eigenvalue weighted by molar-refractivity contribution is 0.0600. The lowest BCUT2D eigenvalue weighted by Crippen LogP contribution is -2.13. The number of nitrogens with zero attached hydrogens (tertiary/aromatic N) is 2. The number of carbonyl (C=O) groups excluding carboxylic acids is 1. The number of fused-ring (bicyclic) bond motifs is 1. The fourth-order valence-electron chi connectivity index (χ4n) is 3.67. The van der Waals surface area contributed by atoms with Crippen LogP contribution < -0.4 is 5.56 Å². The van der Waals surface area contributed by atoms with E-state index in [1.165, 1.54) is 19.2 Å². The highest BCUT2D eigenvalue weighted by Crippen LogP contribution is 2.30. The highest BCUT2D eigenvalue weighted by Gasteiger charge is 2.22. The predicted octanol–water partition coefficient (Wildman–Crippen LogP) is 4.48. The van der Waals surface area contributed by atoms with Crippen LogP contribution in [0.15, 0.2) is 65.7 Å². The number of carbonyl (C=O) groups is 1. The van der Waals surface area contributed by atoms with Gasteiger partial charge in [-0.1, -0.05) is 35.9 Å². The van der Waals surface area contributed by atoms with Gasteiger partial charge in [-0.25, -0.2) is 14.3 Å². The van der Waals surface area contributed by atoms with Crippen LogP contribution >= 0.6 is 11.6 Å². The van der Waals surface area contributed by atoms with Crippen molar-refractivity contribution in [1.29, 1.82) is 0 Å². The Morgan fingerprint density at radius 3 is 2.42 bits per heavy atom. The molecule has 0 amide bonds. The van der Waals surface area contributed by atoms with E-state index in [4.69, 9.17) is 16.3 Å². The van der Waals surface area contributed by atoms with Gasteiger partial charge in [-0.3, -0.25) is 4.79 Å². The van der Waals surface area contributed by atoms with Gasteiger partial charge in [0, 0.05) is 29.9 Å². The molecule has 1 unspecified atom stereocenters. The molecule has 0 fully saturated rings. The normalized spacial score (nSPS) is 12.1. The van der Waals surface area contributed by atoms with Crippen LogP contribution in [0.3, 0.4) is 0 Å². The Bertz CT molecular complexity index is 1190. The molecule has 2 aliphatic rings. The number of hydrogen-bond acceptors (Lipinski definition) is 4. The second-order valence-electron chi connectivity index (χ2n) is 7.16. The van der Waals surface area contributed by atoms with Gasteiger partial charge in [-0.2, -0.15) is 5.10 Å². The van der Waals surface area contributed by atoms with Crippen molar-refractivity contribution >= 4 is 17.6 Å². The number of ether oxygens (including phenoxy) is 1. The molecular weight excluding hydrogens is 421 g/mol. The second kappa shape index (κ2) is 8.73. The van der Waals surface area contributed by atoms with E-state index in [1.807, 2.05) is 24.3 Å². The van der Waals surface area contributed by atoms with Crippen LogP contribution in [0.2, 0.25) is 5.02 Å². The fourth-order valence-corrected chi connectivity index (χ4v) is 3.80. The summed E-state index contributed by atoms with van der Waals surface area (Å²) < 4.78 is 20.1. The SMILES string of the molecule is COC(=O)c1cn(CCC(c2ccc(F)cc2)c2ccc(Cl)cc2)cc2c(=O)[nH]nc1-2. The zero-order chi connectivity index (χ0) is 22.0. The maximum atomic E-state index is 13.5. The Kier molecular flexibility index (Phi) is 5.86. The van der Waals surface area contributed by atoms with Gasteiger partial charge in [0.2, 0.25) is 0 Å². The quantitative estimate of drug-likeness (QED) is 0.449. The number of aryl methyl sites for hydroxylation is 1. The molecule has 8 heteroatoms. The monoisotopic (exact) mass is 439 g/mol. The molecule has 0 spiro atoms.